The van der Waals surface area contributed by atoms with Gasteiger partial charge in [0.05, 0.1) is 16.8 Å². The van der Waals surface area contributed by atoms with E-state index in [1.807, 2.05) is 37.3 Å². The summed E-state index contributed by atoms with van der Waals surface area (Å²) in [5.41, 5.74) is 9.82. The lowest BCUT2D eigenvalue weighted by Crippen LogP contribution is -2.17. The molecule has 3 nitrogen and oxygen atoms in total. The largest absolute Gasteiger partial charge is 0.321 e. The Kier molecular flexibility index (Phi) is 6.09. The topological polar surface area (TPSA) is 42.0 Å². The van der Waals surface area contributed by atoms with E-state index in [1.165, 1.54) is 0 Å². The Morgan fingerprint density at radius 2 is 1.53 bits per heavy atom. The Morgan fingerprint density at radius 3 is 2.16 bits per heavy atom. The number of pyridine rings is 1. The lowest BCUT2D eigenvalue weighted by atomic mass is 9.94. The molecule has 1 heterocycles. The standard InChI is InChI=1S/C29H30N2O/c1-6-21-14-11-15-22(7-2)28(21)31-29(32)25-20(5)27(23-12-9-8-10-13-23)30-26-19(4)16-18(3)17-24(25)26/h8-17H,6-7H2,1-5H3,(H,31,32). The maximum Gasteiger partial charge on any atom is 0.256 e. The summed E-state index contributed by atoms with van der Waals surface area (Å²) < 4.78 is 0. The van der Waals surface area contributed by atoms with E-state index in [-0.39, 0.29) is 5.91 Å². The number of fused-ring (bicyclic) bond motifs is 1. The number of nitrogens with zero attached hydrogens (tertiary/aromatic N) is 1. The molecule has 0 radical (unpaired) electrons. The molecule has 1 aromatic heterocycles. The highest BCUT2D eigenvalue weighted by atomic mass is 16.1. The van der Waals surface area contributed by atoms with Crippen LogP contribution in [0.3, 0.4) is 0 Å². The molecule has 0 fully saturated rings. The van der Waals surface area contributed by atoms with Crippen LogP contribution < -0.4 is 5.32 Å². The molecular formula is C29H30N2O. The molecule has 0 aliphatic rings. The van der Waals surface area contributed by atoms with Crippen molar-refractivity contribution in [3.63, 3.8) is 0 Å². The highest BCUT2D eigenvalue weighted by Crippen LogP contribution is 2.33. The van der Waals surface area contributed by atoms with Gasteiger partial charge in [-0.15, -0.1) is 0 Å². The molecular weight excluding hydrogens is 392 g/mol. The molecule has 0 spiro atoms. The highest BCUT2D eigenvalue weighted by molar-refractivity contribution is 6.15. The molecule has 4 rings (SSSR count). The fourth-order valence-electron chi connectivity index (χ4n) is 4.56. The van der Waals surface area contributed by atoms with Crippen molar-refractivity contribution in [2.24, 2.45) is 0 Å². The van der Waals surface area contributed by atoms with E-state index in [9.17, 15) is 4.79 Å². The number of carbonyl (C=O) groups excluding carboxylic acids is 1. The molecule has 0 bridgehead atoms. The van der Waals surface area contributed by atoms with E-state index in [0.29, 0.717) is 5.56 Å². The van der Waals surface area contributed by atoms with Crippen molar-refractivity contribution in [3.8, 4) is 11.3 Å². The smallest absolute Gasteiger partial charge is 0.256 e. The number of carbonyl (C=O) groups is 1. The molecule has 0 atom stereocenters. The Morgan fingerprint density at radius 1 is 0.875 bits per heavy atom. The second-order valence-electron chi connectivity index (χ2n) is 8.42. The van der Waals surface area contributed by atoms with E-state index in [1.54, 1.807) is 0 Å². The lowest BCUT2D eigenvalue weighted by Gasteiger charge is -2.19. The summed E-state index contributed by atoms with van der Waals surface area (Å²) in [5, 5.41) is 4.19. The Balaban J connectivity index is 1.96. The monoisotopic (exact) mass is 422 g/mol. The van der Waals surface area contributed by atoms with Crippen LogP contribution in [0.5, 0.6) is 0 Å². The van der Waals surface area contributed by atoms with Gasteiger partial charge >= 0.3 is 0 Å². The number of hydrogen-bond acceptors (Lipinski definition) is 2. The van der Waals surface area contributed by atoms with E-state index < -0.39 is 0 Å². The Labute approximate surface area is 190 Å². The average Bonchev–Trinajstić information content (AvgIpc) is 2.79. The number of rotatable bonds is 5. The highest BCUT2D eigenvalue weighted by Gasteiger charge is 2.21. The number of aromatic nitrogens is 1. The fourth-order valence-corrected chi connectivity index (χ4v) is 4.56. The first kappa shape index (κ1) is 21.8. The van der Waals surface area contributed by atoms with E-state index in [0.717, 1.165) is 68.5 Å². The minimum atomic E-state index is -0.0762. The van der Waals surface area contributed by atoms with Crippen molar-refractivity contribution in [2.75, 3.05) is 5.32 Å². The summed E-state index contributed by atoms with van der Waals surface area (Å²) >= 11 is 0. The molecule has 0 unspecified atom stereocenters. The molecule has 0 aliphatic carbocycles. The predicted octanol–water partition coefficient (Wildman–Crippen LogP) is 7.20. The first-order valence-corrected chi connectivity index (χ1v) is 11.3. The SMILES string of the molecule is CCc1cccc(CC)c1NC(=O)c1c(C)c(-c2ccccc2)nc2c(C)cc(C)cc12. The van der Waals surface area contributed by atoms with Crippen molar-refractivity contribution < 1.29 is 4.79 Å². The zero-order valence-electron chi connectivity index (χ0n) is 19.5. The lowest BCUT2D eigenvalue weighted by molar-refractivity contribution is 0.102. The van der Waals surface area contributed by atoms with Gasteiger partial charge in [-0.3, -0.25) is 4.79 Å². The van der Waals surface area contributed by atoms with Crippen LogP contribution >= 0.6 is 0 Å². The van der Waals surface area contributed by atoms with Gasteiger partial charge in [0.15, 0.2) is 0 Å². The van der Waals surface area contributed by atoms with Gasteiger partial charge < -0.3 is 5.32 Å². The Hall–Kier alpha value is -3.46. The normalized spacial score (nSPS) is 11.0. The summed E-state index contributed by atoms with van der Waals surface area (Å²) in [6, 6.07) is 20.6. The Bertz CT molecular complexity index is 1280. The number of aryl methyl sites for hydroxylation is 4. The summed E-state index contributed by atoms with van der Waals surface area (Å²) in [4.78, 5) is 18.9. The molecule has 0 saturated carbocycles. The fraction of sp³-hybridized carbons (Fsp3) is 0.241. The molecule has 1 N–H and O–H groups in total. The molecule has 3 heteroatoms. The number of para-hydroxylation sites is 1. The van der Waals surface area contributed by atoms with Gasteiger partial charge in [0.1, 0.15) is 0 Å². The van der Waals surface area contributed by atoms with Crippen LogP contribution in [0.2, 0.25) is 0 Å². The van der Waals surface area contributed by atoms with Crippen molar-refractivity contribution in [2.45, 2.75) is 47.5 Å². The molecule has 32 heavy (non-hydrogen) atoms. The van der Waals surface area contributed by atoms with Gasteiger partial charge in [-0.05, 0) is 61.9 Å². The van der Waals surface area contributed by atoms with Crippen molar-refractivity contribution >= 4 is 22.5 Å². The van der Waals surface area contributed by atoms with Crippen LogP contribution in [0.15, 0.2) is 60.7 Å². The van der Waals surface area contributed by atoms with Crippen molar-refractivity contribution in [1.82, 2.24) is 4.98 Å². The van der Waals surface area contributed by atoms with Gasteiger partial charge in [-0.2, -0.15) is 0 Å². The molecule has 162 valence electrons. The van der Waals surface area contributed by atoms with Crippen LogP contribution in [0.4, 0.5) is 5.69 Å². The summed E-state index contributed by atoms with van der Waals surface area (Å²) in [6.45, 7) is 10.4. The van der Waals surface area contributed by atoms with Crippen molar-refractivity contribution in [1.29, 1.82) is 0 Å². The van der Waals surface area contributed by atoms with Gasteiger partial charge in [0, 0.05) is 16.6 Å². The van der Waals surface area contributed by atoms with Gasteiger partial charge in [-0.1, -0.05) is 74.0 Å². The molecule has 3 aromatic carbocycles. The van der Waals surface area contributed by atoms with Gasteiger partial charge in [-0.25, -0.2) is 4.98 Å². The minimum absolute atomic E-state index is 0.0762. The van der Waals surface area contributed by atoms with Crippen LogP contribution in [0, 0.1) is 20.8 Å². The number of hydrogen-bond donors (Lipinski definition) is 1. The van der Waals surface area contributed by atoms with E-state index in [2.05, 4.69) is 63.3 Å². The first-order valence-electron chi connectivity index (χ1n) is 11.3. The van der Waals surface area contributed by atoms with E-state index >= 15 is 0 Å². The maximum absolute atomic E-state index is 13.9. The van der Waals surface area contributed by atoms with Crippen LogP contribution in [0.1, 0.15) is 52.0 Å². The first-order chi connectivity index (χ1) is 15.4. The molecule has 0 aliphatic heterocycles. The summed E-state index contributed by atoms with van der Waals surface area (Å²) in [6.07, 6.45) is 1.74. The second-order valence-corrected chi connectivity index (χ2v) is 8.42. The number of benzene rings is 3. The minimum Gasteiger partial charge on any atom is -0.321 e. The maximum atomic E-state index is 13.9. The van der Waals surface area contributed by atoms with Gasteiger partial charge in [0.2, 0.25) is 0 Å². The molecule has 1 amide bonds. The quantitative estimate of drug-likeness (QED) is 0.369. The third-order valence-electron chi connectivity index (χ3n) is 6.18. The molecule has 4 aromatic rings. The van der Waals surface area contributed by atoms with Crippen LogP contribution in [-0.2, 0) is 12.8 Å². The van der Waals surface area contributed by atoms with Crippen LogP contribution in [-0.4, -0.2) is 10.9 Å². The third-order valence-corrected chi connectivity index (χ3v) is 6.18. The van der Waals surface area contributed by atoms with Crippen molar-refractivity contribution in [3.05, 3.63) is 94.0 Å². The molecule has 0 saturated heterocycles. The zero-order chi connectivity index (χ0) is 22.8. The van der Waals surface area contributed by atoms with Crippen LogP contribution in [0.25, 0.3) is 22.2 Å². The number of amides is 1. The zero-order valence-corrected chi connectivity index (χ0v) is 19.5. The summed E-state index contributed by atoms with van der Waals surface area (Å²) in [7, 11) is 0. The number of nitrogens with one attached hydrogen (secondary N) is 1. The summed E-state index contributed by atoms with van der Waals surface area (Å²) in [5.74, 6) is -0.0762. The van der Waals surface area contributed by atoms with Gasteiger partial charge in [0.25, 0.3) is 5.91 Å². The number of anilines is 1. The average molecular weight is 423 g/mol. The predicted molar refractivity (Wildman–Crippen MR) is 135 cm³/mol. The third kappa shape index (κ3) is 3.91. The second kappa shape index (κ2) is 8.96. The van der Waals surface area contributed by atoms with E-state index in [4.69, 9.17) is 4.98 Å².